The van der Waals surface area contributed by atoms with Gasteiger partial charge in [-0.25, -0.2) is 0 Å². The van der Waals surface area contributed by atoms with Gasteiger partial charge >= 0.3 is 11.9 Å². The lowest BCUT2D eigenvalue weighted by molar-refractivity contribution is -0.894. The van der Waals surface area contributed by atoms with E-state index in [1.54, 1.807) is 0 Å². The fraction of sp³-hybridized carbons (Fsp3) is 0.957. The van der Waals surface area contributed by atoms with Crippen LogP contribution < -0.4 is 4.89 Å². The van der Waals surface area contributed by atoms with Gasteiger partial charge in [0, 0.05) is 19.3 Å². The number of esters is 2. The summed E-state index contributed by atoms with van der Waals surface area (Å²) in [6, 6.07) is 0.187. The highest BCUT2D eigenvalue weighted by Crippen LogP contribution is 2.39. The van der Waals surface area contributed by atoms with Crippen molar-refractivity contribution in [3.05, 3.63) is 0 Å². The van der Waals surface area contributed by atoms with Crippen LogP contribution in [0.4, 0.5) is 0 Å². The smallest absolute Gasteiger partial charge is 0.306 e. The number of nitrogens with zero attached hydrogens (tertiary/aromatic N) is 1. The van der Waals surface area contributed by atoms with Gasteiger partial charge in [0.25, 0.3) is 7.82 Å². The molecule has 0 aliphatic carbocycles. The second-order valence-corrected chi connectivity index (χ2v) is 18.9. The molecule has 0 saturated carbocycles. The molecule has 0 fully saturated rings. The van der Waals surface area contributed by atoms with Crippen molar-refractivity contribution in [3.8, 4) is 0 Å². The molecular weight excluding hydrogens is 725 g/mol. The number of phosphoric ester groups is 1. The lowest BCUT2D eigenvalue weighted by atomic mass is 10.0. The monoisotopic (exact) mass is 818 g/mol. The molecule has 0 aromatic carbocycles. The zero-order valence-electron chi connectivity index (χ0n) is 37.8. The Hall–Kier alpha value is -0.990. The number of rotatable bonds is 43. The minimum atomic E-state index is -4.63. The van der Waals surface area contributed by atoms with E-state index in [4.69, 9.17) is 18.5 Å². The summed E-state index contributed by atoms with van der Waals surface area (Å²) in [5.74, 6) is -0.816. The second kappa shape index (κ2) is 38.2. The van der Waals surface area contributed by atoms with Gasteiger partial charge in [0.15, 0.2) is 6.10 Å². The molecule has 0 aliphatic heterocycles. The molecule has 0 aromatic heterocycles. The van der Waals surface area contributed by atoms with Crippen molar-refractivity contribution in [1.82, 2.24) is 0 Å². The van der Waals surface area contributed by atoms with Crippen LogP contribution in [-0.4, -0.2) is 69.5 Å². The highest BCUT2D eigenvalue weighted by molar-refractivity contribution is 7.45. The van der Waals surface area contributed by atoms with E-state index in [-0.39, 0.29) is 38.1 Å². The van der Waals surface area contributed by atoms with Gasteiger partial charge in [0.1, 0.15) is 6.61 Å². The number of carbonyl (C=O) groups excluding carboxylic acids is 2. The van der Waals surface area contributed by atoms with Gasteiger partial charge in [-0.3, -0.25) is 14.2 Å². The Kier molecular flexibility index (Phi) is 37.6. The average molecular weight is 818 g/mol. The maximum Gasteiger partial charge on any atom is 0.306 e. The predicted octanol–water partition coefficient (Wildman–Crippen LogP) is 13.0. The van der Waals surface area contributed by atoms with Crippen LogP contribution in [0.5, 0.6) is 0 Å². The van der Waals surface area contributed by atoms with E-state index in [2.05, 4.69) is 13.8 Å². The van der Waals surface area contributed by atoms with Gasteiger partial charge in [-0.1, -0.05) is 194 Å². The molecule has 0 bridgehead atoms. The number of hydrogen-bond acceptors (Lipinski definition) is 8. The Morgan fingerprint density at radius 1 is 0.518 bits per heavy atom. The largest absolute Gasteiger partial charge is 0.756 e. The second-order valence-electron chi connectivity index (χ2n) is 17.5. The lowest BCUT2D eigenvalue weighted by Gasteiger charge is -2.32. The third-order valence-electron chi connectivity index (χ3n) is 11.2. The summed E-state index contributed by atoms with van der Waals surface area (Å²) in [6.45, 7) is 5.84. The SMILES string of the molecule is CCCCCCCCCCCCCCCCCC(=O)OCC(COP(=O)([O-])OCCC(C)[N+](C)(C)C)OC(=O)CCCCCCCCCCCCCCCCC. The van der Waals surface area contributed by atoms with Gasteiger partial charge in [-0.2, -0.15) is 0 Å². The molecule has 0 amide bonds. The number of unbranched alkanes of at least 4 members (excludes halogenated alkanes) is 28. The molecule has 0 saturated heterocycles. The molecular formula is C46H92NO8P. The maximum atomic E-state index is 12.7. The average Bonchev–Trinajstić information content (AvgIpc) is 3.15. The van der Waals surface area contributed by atoms with Crippen molar-refractivity contribution in [2.75, 3.05) is 41.0 Å². The standard InChI is InChI=1S/C46H92NO8P/c1-7-9-11-13-15-17-19-21-23-25-27-29-31-33-35-37-45(48)52-41-44(42-54-56(50,51)53-40-39-43(3)47(4,5)6)55-46(49)38-36-34-32-30-28-26-24-22-20-18-16-14-12-10-8-2/h43-44H,7-42H2,1-6H3. The van der Waals surface area contributed by atoms with E-state index in [1.807, 2.05) is 28.1 Å². The van der Waals surface area contributed by atoms with Crippen molar-refractivity contribution in [2.24, 2.45) is 0 Å². The summed E-state index contributed by atoms with van der Waals surface area (Å²) in [5.41, 5.74) is 0. The van der Waals surface area contributed by atoms with E-state index >= 15 is 0 Å². The molecule has 9 nitrogen and oxygen atoms in total. The van der Waals surface area contributed by atoms with Crippen molar-refractivity contribution >= 4 is 19.8 Å². The van der Waals surface area contributed by atoms with Crippen molar-refractivity contribution < 1.29 is 42.1 Å². The zero-order chi connectivity index (χ0) is 41.6. The van der Waals surface area contributed by atoms with E-state index in [0.717, 1.165) is 32.1 Å². The van der Waals surface area contributed by atoms with E-state index in [0.29, 0.717) is 17.3 Å². The van der Waals surface area contributed by atoms with Gasteiger partial charge in [-0.05, 0) is 19.8 Å². The first kappa shape index (κ1) is 55.0. The molecule has 0 heterocycles. The van der Waals surface area contributed by atoms with Gasteiger partial charge < -0.3 is 27.9 Å². The normalized spacial score (nSPS) is 14.1. The summed E-state index contributed by atoms with van der Waals surface area (Å²) < 4.78 is 34.4. The van der Waals surface area contributed by atoms with Crippen molar-refractivity contribution in [2.45, 2.75) is 245 Å². The fourth-order valence-electron chi connectivity index (χ4n) is 6.83. The number of ether oxygens (including phenoxy) is 2. The highest BCUT2D eigenvalue weighted by Gasteiger charge is 2.23. The van der Waals surface area contributed by atoms with Crippen LogP contribution in [0.15, 0.2) is 0 Å². The van der Waals surface area contributed by atoms with E-state index < -0.39 is 26.5 Å². The summed E-state index contributed by atoms with van der Waals surface area (Å²) >= 11 is 0. The zero-order valence-corrected chi connectivity index (χ0v) is 38.7. The summed E-state index contributed by atoms with van der Waals surface area (Å²) in [6.07, 6.45) is 37.4. The van der Waals surface area contributed by atoms with Crippen LogP contribution in [0.2, 0.25) is 0 Å². The third-order valence-corrected chi connectivity index (χ3v) is 12.2. The summed E-state index contributed by atoms with van der Waals surface area (Å²) in [4.78, 5) is 37.8. The molecule has 56 heavy (non-hydrogen) atoms. The lowest BCUT2D eigenvalue weighted by Crippen LogP contribution is -2.43. The molecule has 3 unspecified atom stereocenters. The van der Waals surface area contributed by atoms with Gasteiger partial charge in [-0.15, -0.1) is 0 Å². The molecule has 0 aliphatic rings. The molecule has 0 spiro atoms. The molecule has 0 radical (unpaired) electrons. The highest BCUT2D eigenvalue weighted by atomic mass is 31.2. The van der Waals surface area contributed by atoms with Crippen molar-refractivity contribution in [3.63, 3.8) is 0 Å². The Morgan fingerprint density at radius 3 is 1.21 bits per heavy atom. The van der Waals surface area contributed by atoms with Crippen LogP contribution in [0.3, 0.4) is 0 Å². The quantitative estimate of drug-likeness (QED) is 0.0259. The van der Waals surface area contributed by atoms with Crippen LogP contribution in [0, 0.1) is 0 Å². The number of phosphoric acid groups is 1. The summed E-state index contributed by atoms with van der Waals surface area (Å²) in [7, 11) is 1.48. The first-order chi connectivity index (χ1) is 26.9. The van der Waals surface area contributed by atoms with Crippen molar-refractivity contribution in [1.29, 1.82) is 0 Å². The minimum absolute atomic E-state index is 0.00461. The van der Waals surface area contributed by atoms with E-state index in [9.17, 15) is 19.0 Å². The first-order valence-electron chi connectivity index (χ1n) is 23.7. The Morgan fingerprint density at radius 2 is 0.857 bits per heavy atom. The molecule has 0 aromatic rings. The number of hydrogen-bond donors (Lipinski definition) is 0. The topological polar surface area (TPSA) is 111 Å². The van der Waals surface area contributed by atoms with E-state index in [1.165, 1.54) is 154 Å². The Labute approximate surface area is 346 Å². The fourth-order valence-corrected chi connectivity index (χ4v) is 7.59. The molecule has 3 atom stereocenters. The van der Waals surface area contributed by atoms with Crippen LogP contribution in [-0.2, 0) is 32.7 Å². The third kappa shape index (κ3) is 38.5. The van der Waals surface area contributed by atoms with Crippen LogP contribution >= 0.6 is 7.82 Å². The number of quaternary nitrogens is 1. The van der Waals surface area contributed by atoms with Gasteiger partial charge in [0.05, 0.1) is 40.4 Å². The Balaban J connectivity index is 4.40. The number of carbonyl (C=O) groups is 2. The summed E-state index contributed by atoms with van der Waals surface area (Å²) in [5, 5.41) is 0. The molecule has 334 valence electrons. The first-order valence-corrected chi connectivity index (χ1v) is 25.1. The van der Waals surface area contributed by atoms with Gasteiger partial charge in [0.2, 0.25) is 0 Å². The molecule has 0 rings (SSSR count). The Bertz CT molecular complexity index is 943. The predicted molar refractivity (Wildman–Crippen MR) is 232 cm³/mol. The molecule has 0 N–H and O–H groups in total. The van der Waals surface area contributed by atoms with Crippen LogP contribution in [0.25, 0.3) is 0 Å². The minimum Gasteiger partial charge on any atom is -0.756 e. The molecule has 10 heteroatoms. The maximum absolute atomic E-state index is 12.7. The van der Waals surface area contributed by atoms with Crippen LogP contribution in [0.1, 0.15) is 233 Å².